The molecule has 110 valence electrons. The second-order valence-electron chi connectivity index (χ2n) is 4.53. The van der Waals surface area contributed by atoms with Gasteiger partial charge in [0.05, 0.1) is 17.0 Å². The van der Waals surface area contributed by atoms with E-state index < -0.39 is 16.8 Å². The van der Waals surface area contributed by atoms with Crippen molar-refractivity contribution in [1.82, 2.24) is 0 Å². The summed E-state index contributed by atoms with van der Waals surface area (Å²) >= 11 is 0. The fraction of sp³-hybridized carbons (Fsp3) is 0.143. The van der Waals surface area contributed by atoms with Gasteiger partial charge in [-0.05, 0) is 25.1 Å². The molecule has 0 heterocycles. The van der Waals surface area contributed by atoms with E-state index in [0.29, 0.717) is 0 Å². The summed E-state index contributed by atoms with van der Waals surface area (Å²) in [7, 11) is 0. The van der Waals surface area contributed by atoms with Crippen LogP contribution in [-0.4, -0.2) is 15.1 Å². The topological polar surface area (TPSA) is 95.6 Å². The zero-order valence-electron chi connectivity index (χ0n) is 11.1. The van der Waals surface area contributed by atoms with Crippen molar-refractivity contribution in [3.8, 4) is 11.5 Å². The van der Waals surface area contributed by atoms with Crippen LogP contribution in [0.3, 0.4) is 0 Å². The number of nitro groups is 1. The first kappa shape index (κ1) is 14.6. The normalized spacial score (nSPS) is 11.9. The Balaban J connectivity index is 2.31. The molecule has 6 nitrogen and oxygen atoms in total. The van der Waals surface area contributed by atoms with Gasteiger partial charge in [-0.25, -0.2) is 4.39 Å². The number of phenols is 2. The van der Waals surface area contributed by atoms with Crippen molar-refractivity contribution in [3.05, 3.63) is 57.9 Å². The highest BCUT2D eigenvalue weighted by Gasteiger charge is 2.18. The molecular formula is C14H13FN2O4. The lowest BCUT2D eigenvalue weighted by Gasteiger charge is -2.16. The summed E-state index contributed by atoms with van der Waals surface area (Å²) < 4.78 is 13.8. The van der Waals surface area contributed by atoms with E-state index in [0.717, 1.165) is 12.1 Å². The molecule has 0 saturated heterocycles. The molecule has 21 heavy (non-hydrogen) atoms. The maximum atomic E-state index is 13.8. The summed E-state index contributed by atoms with van der Waals surface area (Å²) in [4.78, 5) is 10.3. The third-order valence-electron chi connectivity index (χ3n) is 3.00. The third kappa shape index (κ3) is 3.19. The van der Waals surface area contributed by atoms with Gasteiger partial charge in [0.1, 0.15) is 23.0 Å². The van der Waals surface area contributed by atoms with Gasteiger partial charge in [-0.3, -0.25) is 10.1 Å². The van der Waals surface area contributed by atoms with Crippen LogP contribution in [0.15, 0.2) is 36.4 Å². The summed E-state index contributed by atoms with van der Waals surface area (Å²) in [5, 5.41) is 32.2. The van der Waals surface area contributed by atoms with Crippen LogP contribution in [0.4, 0.5) is 15.8 Å². The molecule has 1 unspecified atom stereocenters. The highest BCUT2D eigenvalue weighted by molar-refractivity contribution is 5.64. The number of nitrogens with one attached hydrogen (secondary N) is 1. The number of hydrogen-bond donors (Lipinski definition) is 3. The van der Waals surface area contributed by atoms with Crippen molar-refractivity contribution in [1.29, 1.82) is 0 Å². The number of benzene rings is 2. The van der Waals surface area contributed by atoms with Crippen LogP contribution < -0.4 is 5.32 Å². The molecule has 0 aliphatic carbocycles. The quantitative estimate of drug-likeness (QED) is 0.456. The fourth-order valence-corrected chi connectivity index (χ4v) is 1.97. The lowest BCUT2D eigenvalue weighted by molar-refractivity contribution is -0.384. The van der Waals surface area contributed by atoms with Crippen LogP contribution in [0.1, 0.15) is 18.5 Å². The van der Waals surface area contributed by atoms with E-state index in [4.69, 9.17) is 0 Å². The third-order valence-corrected chi connectivity index (χ3v) is 3.00. The Kier molecular flexibility index (Phi) is 3.93. The van der Waals surface area contributed by atoms with Crippen LogP contribution in [0.2, 0.25) is 0 Å². The van der Waals surface area contributed by atoms with E-state index in [9.17, 15) is 24.7 Å². The van der Waals surface area contributed by atoms with E-state index in [1.165, 1.54) is 24.3 Å². The largest absolute Gasteiger partial charge is 0.508 e. The summed E-state index contributed by atoms with van der Waals surface area (Å²) in [6.07, 6.45) is 0. The first-order chi connectivity index (χ1) is 9.88. The van der Waals surface area contributed by atoms with Gasteiger partial charge in [0.15, 0.2) is 0 Å². The van der Waals surface area contributed by atoms with E-state index in [-0.39, 0.29) is 28.4 Å². The van der Waals surface area contributed by atoms with E-state index in [1.807, 2.05) is 0 Å². The van der Waals surface area contributed by atoms with E-state index in [2.05, 4.69) is 5.32 Å². The maximum Gasteiger partial charge on any atom is 0.296 e. The first-order valence-electron chi connectivity index (χ1n) is 6.11. The number of nitro benzene ring substituents is 1. The van der Waals surface area contributed by atoms with Crippen LogP contribution in [-0.2, 0) is 0 Å². The molecule has 0 aliphatic heterocycles. The average Bonchev–Trinajstić information content (AvgIpc) is 2.40. The summed E-state index contributed by atoms with van der Waals surface area (Å²) in [5.41, 5.74) is 0.119. The SMILES string of the molecule is CC(Nc1ccc(O)cc1[N+](=O)[O-])c1ccc(O)cc1F. The van der Waals surface area contributed by atoms with Gasteiger partial charge >= 0.3 is 0 Å². The molecule has 0 bridgehead atoms. The number of hydrogen-bond acceptors (Lipinski definition) is 5. The molecule has 0 aromatic heterocycles. The van der Waals surface area contributed by atoms with Gasteiger partial charge in [0.25, 0.3) is 5.69 Å². The lowest BCUT2D eigenvalue weighted by Crippen LogP contribution is -2.10. The average molecular weight is 292 g/mol. The van der Waals surface area contributed by atoms with Crippen molar-refractivity contribution in [3.63, 3.8) is 0 Å². The van der Waals surface area contributed by atoms with Crippen LogP contribution in [0.25, 0.3) is 0 Å². The predicted molar refractivity (Wildman–Crippen MR) is 74.9 cm³/mol. The van der Waals surface area contributed by atoms with Crippen LogP contribution in [0.5, 0.6) is 11.5 Å². The Morgan fingerprint density at radius 2 is 1.81 bits per heavy atom. The van der Waals surface area contributed by atoms with Crippen LogP contribution in [0, 0.1) is 15.9 Å². The van der Waals surface area contributed by atoms with Crippen LogP contribution >= 0.6 is 0 Å². The van der Waals surface area contributed by atoms with Gasteiger partial charge in [0.2, 0.25) is 0 Å². The van der Waals surface area contributed by atoms with Gasteiger partial charge in [-0.1, -0.05) is 6.07 Å². The Morgan fingerprint density at radius 1 is 1.19 bits per heavy atom. The second-order valence-corrected chi connectivity index (χ2v) is 4.53. The molecule has 7 heteroatoms. The molecule has 2 aromatic carbocycles. The molecule has 2 aromatic rings. The van der Waals surface area contributed by atoms with Gasteiger partial charge in [-0.15, -0.1) is 0 Å². The van der Waals surface area contributed by atoms with Crippen molar-refractivity contribution in [2.75, 3.05) is 5.32 Å². The van der Waals surface area contributed by atoms with Crippen molar-refractivity contribution in [2.24, 2.45) is 0 Å². The summed E-state index contributed by atoms with van der Waals surface area (Å²) in [6.45, 7) is 1.63. The Bertz CT molecular complexity index is 691. The number of nitrogens with zero attached hydrogens (tertiary/aromatic N) is 1. The minimum atomic E-state index is -0.637. The Hall–Kier alpha value is -2.83. The molecule has 0 spiro atoms. The molecule has 0 radical (unpaired) electrons. The molecule has 0 fully saturated rings. The minimum absolute atomic E-state index is 0.165. The highest BCUT2D eigenvalue weighted by atomic mass is 19.1. The smallest absolute Gasteiger partial charge is 0.296 e. The minimum Gasteiger partial charge on any atom is -0.508 e. The van der Waals surface area contributed by atoms with Gasteiger partial charge in [-0.2, -0.15) is 0 Å². The van der Waals surface area contributed by atoms with Gasteiger partial charge < -0.3 is 15.5 Å². The molecule has 1 atom stereocenters. The first-order valence-corrected chi connectivity index (χ1v) is 6.11. The lowest BCUT2D eigenvalue weighted by atomic mass is 10.1. The molecular weight excluding hydrogens is 279 g/mol. The number of rotatable bonds is 4. The zero-order valence-corrected chi connectivity index (χ0v) is 11.1. The molecule has 0 aliphatic rings. The van der Waals surface area contributed by atoms with E-state index in [1.54, 1.807) is 6.92 Å². The Morgan fingerprint density at radius 3 is 2.43 bits per heavy atom. The number of phenolic OH excluding ortho intramolecular Hbond substituents is 2. The fourth-order valence-electron chi connectivity index (χ4n) is 1.97. The van der Waals surface area contributed by atoms with Gasteiger partial charge in [0, 0.05) is 11.6 Å². The molecule has 2 rings (SSSR count). The summed E-state index contributed by atoms with van der Waals surface area (Å²) in [6, 6.07) is 6.81. The standard InChI is InChI=1S/C14H13FN2O4/c1-8(11-4-2-9(18)6-12(11)15)16-13-5-3-10(19)7-14(13)17(20)21/h2-8,16,18-19H,1H3. The highest BCUT2D eigenvalue weighted by Crippen LogP contribution is 2.32. The molecule has 0 amide bonds. The number of aromatic hydroxyl groups is 2. The number of halogens is 1. The Labute approximate surface area is 119 Å². The molecule has 3 N–H and O–H groups in total. The zero-order chi connectivity index (χ0) is 15.6. The second kappa shape index (κ2) is 5.66. The maximum absolute atomic E-state index is 13.8. The number of anilines is 1. The predicted octanol–water partition coefficient (Wildman–Crippen LogP) is 3.32. The monoisotopic (exact) mass is 292 g/mol. The summed E-state index contributed by atoms with van der Waals surface area (Å²) in [5.74, 6) is -1.04. The molecule has 0 saturated carbocycles. The van der Waals surface area contributed by atoms with Crippen molar-refractivity contribution < 1.29 is 19.5 Å². The van der Waals surface area contributed by atoms with Crippen molar-refractivity contribution in [2.45, 2.75) is 13.0 Å². The van der Waals surface area contributed by atoms with Crippen molar-refractivity contribution >= 4 is 11.4 Å². The van der Waals surface area contributed by atoms with E-state index >= 15 is 0 Å².